The molecule has 0 atom stereocenters. The van der Waals surface area contributed by atoms with Gasteiger partial charge in [0.2, 0.25) is 4.47 Å². The van der Waals surface area contributed by atoms with Crippen molar-refractivity contribution in [3.63, 3.8) is 0 Å². The van der Waals surface area contributed by atoms with Gasteiger partial charge in [-0.05, 0) is 35.6 Å². The number of aliphatic carboxylic acids is 1. The zero-order chi connectivity index (χ0) is 11.6. The van der Waals surface area contributed by atoms with Crippen molar-refractivity contribution in [1.29, 1.82) is 0 Å². The molecular formula is C9H11ClN2O2S2. The van der Waals surface area contributed by atoms with Crippen molar-refractivity contribution in [2.75, 3.05) is 5.75 Å². The van der Waals surface area contributed by atoms with Gasteiger partial charge >= 0.3 is 5.97 Å². The van der Waals surface area contributed by atoms with Gasteiger partial charge in [-0.2, -0.15) is 11.8 Å². The first-order valence-electron chi connectivity index (χ1n) is 4.87. The molecule has 0 saturated heterocycles. The lowest BCUT2D eigenvalue weighted by Crippen LogP contribution is -2.11. The van der Waals surface area contributed by atoms with Crippen LogP contribution in [0.1, 0.15) is 24.3 Å². The highest BCUT2D eigenvalue weighted by molar-refractivity contribution is 7.98. The highest BCUT2D eigenvalue weighted by atomic mass is 35.5. The molecule has 0 aliphatic heterocycles. The van der Waals surface area contributed by atoms with E-state index in [-0.39, 0.29) is 11.8 Å². The number of nitrogens with zero attached hydrogens (tertiary/aromatic N) is 2. The summed E-state index contributed by atoms with van der Waals surface area (Å²) in [6.45, 7) is 0. The second-order valence-corrected chi connectivity index (χ2v) is 6.64. The predicted molar refractivity (Wildman–Crippen MR) is 65.0 cm³/mol. The third-order valence-corrected chi connectivity index (χ3v) is 5.05. The van der Waals surface area contributed by atoms with Crippen LogP contribution in [0, 0.1) is 5.41 Å². The van der Waals surface area contributed by atoms with Crippen LogP contribution in [0.2, 0.25) is 4.47 Å². The van der Waals surface area contributed by atoms with Crippen molar-refractivity contribution in [3.8, 4) is 0 Å². The van der Waals surface area contributed by atoms with E-state index in [4.69, 9.17) is 16.7 Å². The van der Waals surface area contributed by atoms with Gasteiger partial charge in [0.1, 0.15) is 5.01 Å². The lowest BCUT2D eigenvalue weighted by molar-refractivity contribution is -0.138. The molecule has 1 N–H and O–H groups in total. The van der Waals surface area contributed by atoms with E-state index in [0.29, 0.717) is 4.47 Å². The highest BCUT2D eigenvalue weighted by Gasteiger charge is 2.44. The van der Waals surface area contributed by atoms with Gasteiger partial charge in [0.05, 0.1) is 6.42 Å². The van der Waals surface area contributed by atoms with E-state index < -0.39 is 5.97 Å². The average Bonchev–Trinajstić information content (AvgIpc) is 2.80. The van der Waals surface area contributed by atoms with E-state index in [1.165, 1.54) is 11.3 Å². The summed E-state index contributed by atoms with van der Waals surface area (Å²) >= 11 is 8.76. The van der Waals surface area contributed by atoms with E-state index in [1.807, 2.05) is 0 Å². The Hall–Kier alpha value is -0.330. The Morgan fingerprint density at radius 2 is 2.31 bits per heavy atom. The summed E-state index contributed by atoms with van der Waals surface area (Å²) in [4.78, 5) is 10.6. The molecule has 1 fully saturated rings. The molecule has 1 aromatic rings. The first-order chi connectivity index (χ1) is 7.60. The summed E-state index contributed by atoms with van der Waals surface area (Å²) in [5.41, 5.74) is 0.0466. The summed E-state index contributed by atoms with van der Waals surface area (Å²) < 4.78 is 0.460. The average molecular weight is 279 g/mol. The minimum atomic E-state index is -0.697. The van der Waals surface area contributed by atoms with Crippen molar-refractivity contribution in [2.45, 2.75) is 25.0 Å². The molecule has 16 heavy (non-hydrogen) atoms. The quantitative estimate of drug-likeness (QED) is 0.867. The minimum Gasteiger partial charge on any atom is -0.481 e. The number of halogens is 1. The Balaban J connectivity index is 1.74. The smallest absolute Gasteiger partial charge is 0.303 e. The van der Waals surface area contributed by atoms with E-state index >= 15 is 0 Å². The Bertz CT molecular complexity index is 393. The fraction of sp³-hybridized carbons (Fsp3) is 0.667. The molecule has 0 amide bonds. The molecule has 1 aliphatic carbocycles. The first kappa shape index (κ1) is 12.1. The molecule has 0 unspecified atom stereocenters. The SMILES string of the molecule is O=C(O)CC1(CSCc2nnc(Cl)s2)CC1. The second-order valence-electron chi connectivity index (χ2n) is 4.01. The Kier molecular flexibility index (Phi) is 3.71. The molecule has 2 rings (SSSR count). The predicted octanol–water partition coefficient (Wildman–Crippen LogP) is 2.68. The van der Waals surface area contributed by atoms with Gasteiger partial charge in [0.15, 0.2) is 0 Å². The first-order valence-corrected chi connectivity index (χ1v) is 7.22. The van der Waals surface area contributed by atoms with Crippen LogP contribution in [0.3, 0.4) is 0 Å². The van der Waals surface area contributed by atoms with Gasteiger partial charge in [-0.3, -0.25) is 4.79 Å². The molecule has 88 valence electrons. The van der Waals surface area contributed by atoms with Gasteiger partial charge in [-0.25, -0.2) is 0 Å². The van der Waals surface area contributed by atoms with Crippen LogP contribution in [0.25, 0.3) is 0 Å². The summed E-state index contributed by atoms with van der Waals surface area (Å²) in [5.74, 6) is 0.958. The summed E-state index contributed by atoms with van der Waals surface area (Å²) in [5, 5.41) is 17.3. The Labute approximate surface area is 106 Å². The maximum atomic E-state index is 10.6. The zero-order valence-electron chi connectivity index (χ0n) is 8.48. The van der Waals surface area contributed by atoms with Crippen molar-refractivity contribution < 1.29 is 9.90 Å². The van der Waals surface area contributed by atoms with E-state index in [2.05, 4.69) is 10.2 Å². The minimum absolute atomic E-state index is 0.0466. The monoisotopic (exact) mass is 278 g/mol. The van der Waals surface area contributed by atoms with Gasteiger partial charge in [0.25, 0.3) is 0 Å². The number of thioether (sulfide) groups is 1. The fourth-order valence-corrected chi connectivity index (χ4v) is 3.82. The van der Waals surface area contributed by atoms with E-state index in [1.54, 1.807) is 11.8 Å². The van der Waals surface area contributed by atoms with Crippen molar-refractivity contribution in [1.82, 2.24) is 10.2 Å². The van der Waals surface area contributed by atoms with Crippen LogP contribution in [-0.2, 0) is 10.5 Å². The number of hydrogen-bond donors (Lipinski definition) is 1. The third-order valence-electron chi connectivity index (χ3n) is 2.56. The van der Waals surface area contributed by atoms with Gasteiger partial charge < -0.3 is 5.11 Å². The van der Waals surface area contributed by atoms with Crippen molar-refractivity contribution in [3.05, 3.63) is 9.47 Å². The van der Waals surface area contributed by atoms with E-state index in [0.717, 1.165) is 29.4 Å². The van der Waals surface area contributed by atoms with Crippen LogP contribution >= 0.6 is 34.7 Å². The molecule has 7 heteroatoms. The molecule has 0 aromatic carbocycles. The molecule has 0 spiro atoms. The normalized spacial score (nSPS) is 17.3. The molecule has 0 bridgehead atoms. The maximum Gasteiger partial charge on any atom is 0.303 e. The van der Waals surface area contributed by atoms with Crippen LogP contribution < -0.4 is 0 Å². The third kappa shape index (κ3) is 3.33. The van der Waals surface area contributed by atoms with Crippen molar-refractivity contribution in [2.24, 2.45) is 5.41 Å². The number of carboxylic acids is 1. The molecule has 1 aliphatic rings. The number of rotatable bonds is 6. The molecule has 1 saturated carbocycles. The fourth-order valence-electron chi connectivity index (χ4n) is 1.52. The largest absolute Gasteiger partial charge is 0.481 e. The molecular weight excluding hydrogens is 268 g/mol. The lowest BCUT2D eigenvalue weighted by Gasteiger charge is -2.10. The standard InChI is InChI=1S/C9H11ClN2O2S2/c10-8-12-11-6(16-8)4-15-5-9(1-2-9)3-7(13)14/h1-5H2,(H,13,14). The van der Waals surface area contributed by atoms with Gasteiger partial charge in [0, 0.05) is 5.75 Å². The molecule has 1 aromatic heterocycles. The Morgan fingerprint density at radius 3 is 2.81 bits per heavy atom. The van der Waals surface area contributed by atoms with Crippen LogP contribution in [-0.4, -0.2) is 27.0 Å². The molecule has 1 heterocycles. The lowest BCUT2D eigenvalue weighted by atomic mass is 10.1. The maximum absolute atomic E-state index is 10.6. The van der Waals surface area contributed by atoms with Crippen molar-refractivity contribution >= 4 is 40.7 Å². The molecule has 0 radical (unpaired) electrons. The topological polar surface area (TPSA) is 63.1 Å². The van der Waals surface area contributed by atoms with E-state index in [9.17, 15) is 4.79 Å². The molecule has 4 nitrogen and oxygen atoms in total. The van der Waals surface area contributed by atoms with Gasteiger partial charge in [-0.1, -0.05) is 11.3 Å². The van der Waals surface area contributed by atoms with Crippen LogP contribution in [0.15, 0.2) is 0 Å². The second kappa shape index (κ2) is 4.89. The highest BCUT2D eigenvalue weighted by Crippen LogP contribution is 2.51. The summed E-state index contributed by atoms with van der Waals surface area (Å²) in [6.07, 6.45) is 2.35. The van der Waals surface area contributed by atoms with Crippen LogP contribution in [0.5, 0.6) is 0 Å². The number of hydrogen-bond acceptors (Lipinski definition) is 5. The Morgan fingerprint density at radius 1 is 1.56 bits per heavy atom. The summed E-state index contributed by atoms with van der Waals surface area (Å²) in [7, 11) is 0. The number of carboxylic acid groups (broad SMARTS) is 1. The van der Waals surface area contributed by atoms with Crippen LogP contribution in [0.4, 0.5) is 0 Å². The zero-order valence-corrected chi connectivity index (χ0v) is 10.9. The number of aromatic nitrogens is 2. The number of carbonyl (C=O) groups is 1. The van der Waals surface area contributed by atoms with Gasteiger partial charge in [-0.15, -0.1) is 10.2 Å². The summed E-state index contributed by atoms with van der Waals surface area (Å²) in [6, 6.07) is 0.